The van der Waals surface area contributed by atoms with Gasteiger partial charge in [0.25, 0.3) is 5.91 Å². The second-order valence-electron chi connectivity index (χ2n) is 5.65. The molecule has 3 heterocycles. The van der Waals surface area contributed by atoms with Gasteiger partial charge in [0, 0.05) is 18.6 Å². The maximum Gasteiger partial charge on any atom is 0.257 e. The van der Waals surface area contributed by atoms with E-state index in [1.165, 1.54) is 19.3 Å². The van der Waals surface area contributed by atoms with Crippen LogP contribution in [-0.4, -0.2) is 36.0 Å². The maximum absolute atomic E-state index is 12.7. The third-order valence-corrected chi connectivity index (χ3v) is 4.46. The van der Waals surface area contributed by atoms with Crippen molar-refractivity contribution in [2.45, 2.75) is 51.1 Å². The molecule has 0 bridgehead atoms. The zero-order valence-electron chi connectivity index (χ0n) is 11.5. The number of carbonyl (C=O) groups excluding carboxylic acids is 1. The number of piperidine rings is 1. The van der Waals surface area contributed by atoms with Crippen molar-refractivity contribution in [2.24, 2.45) is 0 Å². The van der Waals surface area contributed by atoms with Crippen molar-refractivity contribution in [3.8, 4) is 0 Å². The Balaban J connectivity index is 1.80. The van der Waals surface area contributed by atoms with E-state index in [0.717, 1.165) is 37.3 Å². The van der Waals surface area contributed by atoms with Crippen LogP contribution < -0.4 is 5.32 Å². The smallest absolute Gasteiger partial charge is 0.257 e. The van der Waals surface area contributed by atoms with Crippen molar-refractivity contribution in [2.75, 3.05) is 13.1 Å². The summed E-state index contributed by atoms with van der Waals surface area (Å²) in [7, 11) is 0. The molecule has 1 amide bonds. The van der Waals surface area contributed by atoms with E-state index < -0.39 is 0 Å². The van der Waals surface area contributed by atoms with Gasteiger partial charge in [-0.25, -0.2) is 0 Å². The van der Waals surface area contributed by atoms with Crippen LogP contribution >= 0.6 is 0 Å². The van der Waals surface area contributed by atoms with Crippen LogP contribution in [-0.2, 0) is 0 Å². The fourth-order valence-electron chi connectivity index (χ4n) is 3.43. The number of hydrogen-bond acceptors (Lipinski definition) is 3. The summed E-state index contributed by atoms with van der Waals surface area (Å²) in [5.41, 5.74) is 0.727. The Bertz CT molecular complexity index is 449. The minimum absolute atomic E-state index is 0.143. The maximum atomic E-state index is 12.7. The molecule has 0 aliphatic carbocycles. The summed E-state index contributed by atoms with van der Waals surface area (Å²) >= 11 is 0. The quantitative estimate of drug-likeness (QED) is 0.889. The topological polar surface area (TPSA) is 45.5 Å². The molecule has 0 aromatic carbocycles. The second-order valence-corrected chi connectivity index (χ2v) is 5.65. The van der Waals surface area contributed by atoms with Gasteiger partial charge in [-0.05, 0) is 51.6 Å². The first kappa shape index (κ1) is 12.7. The average molecular weight is 262 g/mol. The highest BCUT2D eigenvalue weighted by atomic mass is 16.3. The highest BCUT2D eigenvalue weighted by Crippen LogP contribution is 2.26. The molecule has 3 rings (SSSR count). The van der Waals surface area contributed by atoms with Crippen LogP contribution in [0.3, 0.4) is 0 Å². The Hall–Kier alpha value is -1.29. The van der Waals surface area contributed by atoms with Gasteiger partial charge >= 0.3 is 0 Å². The van der Waals surface area contributed by atoms with Gasteiger partial charge in [-0.1, -0.05) is 0 Å². The molecule has 2 unspecified atom stereocenters. The number of aryl methyl sites for hydroxylation is 1. The van der Waals surface area contributed by atoms with Gasteiger partial charge in [-0.3, -0.25) is 4.79 Å². The Kier molecular flexibility index (Phi) is 3.60. The van der Waals surface area contributed by atoms with E-state index >= 15 is 0 Å². The van der Waals surface area contributed by atoms with Crippen molar-refractivity contribution in [3.63, 3.8) is 0 Å². The van der Waals surface area contributed by atoms with E-state index in [4.69, 9.17) is 4.42 Å². The Morgan fingerprint density at radius 1 is 1.37 bits per heavy atom. The molecule has 4 nitrogen and oxygen atoms in total. The first-order valence-electron chi connectivity index (χ1n) is 7.36. The molecule has 0 radical (unpaired) electrons. The molecular formula is C15H22N2O2. The molecule has 104 valence electrons. The van der Waals surface area contributed by atoms with Crippen LogP contribution in [0.4, 0.5) is 0 Å². The van der Waals surface area contributed by atoms with E-state index in [-0.39, 0.29) is 5.91 Å². The van der Waals surface area contributed by atoms with Gasteiger partial charge < -0.3 is 14.6 Å². The van der Waals surface area contributed by atoms with Crippen molar-refractivity contribution in [1.29, 1.82) is 0 Å². The SMILES string of the molecule is Cc1occc1C(=O)N1CCCCC1C1CCCN1. The molecule has 2 aliphatic heterocycles. The summed E-state index contributed by atoms with van der Waals surface area (Å²) < 4.78 is 5.27. The molecule has 0 spiro atoms. The monoisotopic (exact) mass is 262 g/mol. The standard InChI is InChI=1S/C15H22N2O2/c1-11-12(7-10-19-11)15(18)17-9-3-2-6-14(17)13-5-4-8-16-13/h7,10,13-14,16H,2-6,8-9H2,1H3. The van der Waals surface area contributed by atoms with Gasteiger partial charge in [-0.15, -0.1) is 0 Å². The van der Waals surface area contributed by atoms with Crippen LogP contribution in [0.5, 0.6) is 0 Å². The van der Waals surface area contributed by atoms with Crippen molar-refractivity contribution in [3.05, 3.63) is 23.7 Å². The molecule has 1 aromatic rings. The summed E-state index contributed by atoms with van der Waals surface area (Å²) in [4.78, 5) is 14.8. The van der Waals surface area contributed by atoms with Gasteiger partial charge in [-0.2, -0.15) is 0 Å². The predicted octanol–water partition coefficient (Wildman–Crippen LogP) is 2.33. The number of carbonyl (C=O) groups is 1. The van der Waals surface area contributed by atoms with E-state index in [0.29, 0.717) is 12.1 Å². The Labute approximate surface area is 114 Å². The number of amides is 1. The van der Waals surface area contributed by atoms with Crippen LogP contribution in [0.15, 0.2) is 16.7 Å². The van der Waals surface area contributed by atoms with E-state index in [1.54, 1.807) is 12.3 Å². The molecule has 2 fully saturated rings. The van der Waals surface area contributed by atoms with E-state index in [1.807, 2.05) is 6.92 Å². The van der Waals surface area contributed by atoms with Crippen LogP contribution in [0.2, 0.25) is 0 Å². The normalized spacial score (nSPS) is 27.7. The third-order valence-electron chi connectivity index (χ3n) is 4.46. The van der Waals surface area contributed by atoms with Crippen LogP contribution in [0.25, 0.3) is 0 Å². The minimum Gasteiger partial charge on any atom is -0.469 e. The van der Waals surface area contributed by atoms with Gasteiger partial charge in [0.2, 0.25) is 0 Å². The predicted molar refractivity (Wildman–Crippen MR) is 73.1 cm³/mol. The molecule has 1 aromatic heterocycles. The van der Waals surface area contributed by atoms with Crippen molar-refractivity contribution < 1.29 is 9.21 Å². The second kappa shape index (κ2) is 5.37. The number of nitrogens with one attached hydrogen (secondary N) is 1. The van der Waals surface area contributed by atoms with Gasteiger partial charge in [0.15, 0.2) is 0 Å². The molecule has 19 heavy (non-hydrogen) atoms. The zero-order valence-corrected chi connectivity index (χ0v) is 11.5. The van der Waals surface area contributed by atoms with Crippen LogP contribution in [0, 0.1) is 6.92 Å². The molecule has 2 atom stereocenters. The summed E-state index contributed by atoms with van der Waals surface area (Å²) in [6.07, 6.45) is 7.51. The van der Waals surface area contributed by atoms with Crippen LogP contribution in [0.1, 0.15) is 48.2 Å². The third kappa shape index (κ3) is 2.41. The number of likely N-dealkylation sites (tertiary alicyclic amines) is 1. The lowest BCUT2D eigenvalue weighted by Crippen LogP contribution is -2.52. The van der Waals surface area contributed by atoms with Crippen molar-refractivity contribution >= 4 is 5.91 Å². The highest BCUT2D eigenvalue weighted by molar-refractivity contribution is 5.95. The lowest BCUT2D eigenvalue weighted by atomic mass is 9.94. The Morgan fingerprint density at radius 2 is 2.26 bits per heavy atom. The van der Waals surface area contributed by atoms with E-state index in [2.05, 4.69) is 10.2 Å². The highest BCUT2D eigenvalue weighted by Gasteiger charge is 2.35. The summed E-state index contributed by atoms with van der Waals surface area (Å²) in [6.45, 7) is 3.83. The number of hydrogen-bond donors (Lipinski definition) is 1. The molecule has 4 heteroatoms. The average Bonchev–Trinajstić information content (AvgIpc) is 3.09. The lowest BCUT2D eigenvalue weighted by Gasteiger charge is -2.39. The molecule has 0 saturated carbocycles. The fraction of sp³-hybridized carbons (Fsp3) is 0.667. The number of rotatable bonds is 2. The molecule has 2 aliphatic rings. The zero-order chi connectivity index (χ0) is 13.2. The summed E-state index contributed by atoms with van der Waals surface area (Å²) in [5, 5.41) is 3.55. The van der Waals surface area contributed by atoms with Gasteiger partial charge in [0.05, 0.1) is 11.8 Å². The first-order valence-corrected chi connectivity index (χ1v) is 7.36. The van der Waals surface area contributed by atoms with Gasteiger partial charge in [0.1, 0.15) is 5.76 Å². The summed E-state index contributed by atoms with van der Waals surface area (Å²) in [6, 6.07) is 2.64. The summed E-state index contributed by atoms with van der Waals surface area (Å²) in [5.74, 6) is 0.873. The molecule has 1 N–H and O–H groups in total. The first-order chi connectivity index (χ1) is 9.27. The minimum atomic E-state index is 0.143. The number of furan rings is 1. The largest absolute Gasteiger partial charge is 0.469 e. The Morgan fingerprint density at radius 3 is 2.95 bits per heavy atom. The molecular weight excluding hydrogens is 240 g/mol. The van der Waals surface area contributed by atoms with Crippen molar-refractivity contribution in [1.82, 2.24) is 10.2 Å². The lowest BCUT2D eigenvalue weighted by molar-refractivity contribution is 0.0562. The molecule has 2 saturated heterocycles. The fourth-order valence-corrected chi connectivity index (χ4v) is 3.43. The number of nitrogens with zero attached hydrogens (tertiary/aromatic N) is 1. The van der Waals surface area contributed by atoms with E-state index in [9.17, 15) is 4.79 Å².